The maximum atomic E-state index is 12.6. The Morgan fingerprint density at radius 3 is 2.61 bits per heavy atom. The van der Waals surface area contributed by atoms with Crippen molar-refractivity contribution in [1.29, 1.82) is 0 Å². The van der Waals surface area contributed by atoms with E-state index >= 15 is 0 Å². The number of esters is 1. The third-order valence-electron chi connectivity index (χ3n) is 4.21. The van der Waals surface area contributed by atoms with E-state index < -0.39 is 42.4 Å². The van der Waals surface area contributed by atoms with Crippen molar-refractivity contribution in [3.8, 4) is 0 Å². The number of carbonyl (C=O) groups excluding carboxylic acids is 2. The van der Waals surface area contributed by atoms with E-state index in [1.807, 2.05) is 6.92 Å². The van der Waals surface area contributed by atoms with Gasteiger partial charge in [0.1, 0.15) is 14.2 Å². The van der Waals surface area contributed by atoms with Crippen LogP contribution in [0.1, 0.15) is 38.8 Å². The smallest absolute Gasteiger partial charge is 0.330 e. The number of allylic oxidation sites excluding steroid dienone is 1. The molecular weight excluding hydrogens is 426 g/mol. The number of hydrogen-bond acceptors (Lipinski definition) is 9. The molecule has 2 atom stereocenters. The van der Waals surface area contributed by atoms with Crippen LogP contribution in [0.25, 0.3) is 0 Å². The SMILES string of the molecule is CCN[C@H]1C[C@H](C)S(=O)(=O)c2sc(S(=O)(=O)CC(=O)/C=C/C(=O)OCC)cc21. The molecule has 0 unspecified atom stereocenters. The fourth-order valence-corrected chi connectivity index (χ4v) is 8.12. The molecule has 0 aliphatic carbocycles. The van der Waals surface area contributed by atoms with Crippen LogP contribution < -0.4 is 5.32 Å². The summed E-state index contributed by atoms with van der Waals surface area (Å²) in [5, 5.41) is 2.54. The fraction of sp³-hybridized carbons (Fsp3) is 0.529. The van der Waals surface area contributed by atoms with Gasteiger partial charge in [0.2, 0.25) is 0 Å². The number of hydrogen-bond donors (Lipinski definition) is 1. The summed E-state index contributed by atoms with van der Waals surface area (Å²) in [5.74, 6) is -2.39. The second kappa shape index (κ2) is 8.85. The molecule has 0 saturated heterocycles. The molecule has 1 aromatic heterocycles. The van der Waals surface area contributed by atoms with Gasteiger partial charge in [-0.05, 0) is 44.5 Å². The fourth-order valence-electron chi connectivity index (χ4n) is 2.85. The minimum Gasteiger partial charge on any atom is -0.463 e. The molecule has 1 aliphatic heterocycles. The number of fused-ring (bicyclic) bond motifs is 1. The molecule has 2 heterocycles. The molecule has 1 N–H and O–H groups in total. The zero-order valence-corrected chi connectivity index (χ0v) is 18.2. The molecule has 0 amide bonds. The third-order valence-corrected chi connectivity index (χ3v) is 10.3. The van der Waals surface area contributed by atoms with Gasteiger partial charge in [0.15, 0.2) is 25.5 Å². The lowest BCUT2D eigenvalue weighted by Gasteiger charge is -2.27. The standard InChI is InChI=1S/C17H23NO7S3/c1-4-18-14-8-11(3)28(23,24)17-13(14)9-16(26-17)27(21,22)10-12(19)6-7-15(20)25-5-2/h6-7,9,11,14,18H,4-5,8,10H2,1-3H3/b7-6+/t11-,14-/m0/s1. The minimum absolute atomic E-state index is 0.0327. The van der Waals surface area contributed by atoms with Crippen molar-refractivity contribution in [1.82, 2.24) is 5.32 Å². The van der Waals surface area contributed by atoms with Crippen molar-refractivity contribution in [2.24, 2.45) is 0 Å². The summed E-state index contributed by atoms with van der Waals surface area (Å²) in [6.07, 6.45) is 2.07. The maximum Gasteiger partial charge on any atom is 0.330 e. The van der Waals surface area contributed by atoms with Gasteiger partial charge in [-0.15, -0.1) is 11.3 Å². The van der Waals surface area contributed by atoms with E-state index in [1.54, 1.807) is 13.8 Å². The number of sulfone groups is 2. The third kappa shape index (κ3) is 4.88. The summed E-state index contributed by atoms with van der Waals surface area (Å²) < 4.78 is 54.9. The highest BCUT2D eigenvalue weighted by Gasteiger charge is 2.39. The van der Waals surface area contributed by atoms with Gasteiger partial charge < -0.3 is 10.1 Å². The van der Waals surface area contributed by atoms with Crippen molar-refractivity contribution >= 4 is 42.8 Å². The van der Waals surface area contributed by atoms with Crippen LogP contribution in [0, 0.1) is 0 Å². The van der Waals surface area contributed by atoms with Crippen LogP contribution in [0.3, 0.4) is 0 Å². The van der Waals surface area contributed by atoms with Gasteiger partial charge in [-0.1, -0.05) is 6.92 Å². The largest absolute Gasteiger partial charge is 0.463 e. The predicted molar refractivity (Wildman–Crippen MR) is 105 cm³/mol. The molecule has 0 bridgehead atoms. The summed E-state index contributed by atoms with van der Waals surface area (Å²) in [4.78, 5) is 23.2. The topological polar surface area (TPSA) is 124 Å². The van der Waals surface area contributed by atoms with Crippen LogP contribution in [0.5, 0.6) is 0 Å². The van der Waals surface area contributed by atoms with Crippen LogP contribution in [0.2, 0.25) is 0 Å². The average molecular weight is 450 g/mol. The molecule has 2 rings (SSSR count). The Morgan fingerprint density at radius 1 is 1.32 bits per heavy atom. The van der Waals surface area contributed by atoms with Crippen LogP contribution in [0.4, 0.5) is 0 Å². The highest BCUT2D eigenvalue weighted by Crippen LogP contribution is 2.42. The van der Waals surface area contributed by atoms with Crippen molar-refractivity contribution < 1.29 is 31.2 Å². The normalized spacial score (nSPS) is 21.4. The molecule has 1 aliphatic rings. The van der Waals surface area contributed by atoms with Crippen molar-refractivity contribution in [3.63, 3.8) is 0 Å². The number of ether oxygens (including phenoxy) is 1. The molecule has 1 aromatic rings. The van der Waals surface area contributed by atoms with E-state index in [0.717, 1.165) is 12.2 Å². The van der Waals surface area contributed by atoms with Gasteiger partial charge >= 0.3 is 5.97 Å². The maximum absolute atomic E-state index is 12.6. The number of ketones is 1. The van der Waals surface area contributed by atoms with Crippen LogP contribution in [-0.2, 0) is 34.0 Å². The van der Waals surface area contributed by atoms with E-state index in [0.29, 0.717) is 29.9 Å². The van der Waals surface area contributed by atoms with Crippen LogP contribution in [0.15, 0.2) is 26.6 Å². The Labute approximate surface area is 168 Å². The summed E-state index contributed by atoms with van der Waals surface area (Å²) in [6.45, 7) is 5.82. The highest BCUT2D eigenvalue weighted by atomic mass is 32.3. The van der Waals surface area contributed by atoms with E-state index in [9.17, 15) is 26.4 Å². The first-order chi connectivity index (χ1) is 13.0. The van der Waals surface area contributed by atoms with Gasteiger partial charge in [-0.2, -0.15) is 0 Å². The van der Waals surface area contributed by atoms with E-state index in [2.05, 4.69) is 10.1 Å². The molecule has 28 heavy (non-hydrogen) atoms. The van der Waals surface area contributed by atoms with Crippen molar-refractivity contribution in [3.05, 3.63) is 23.8 Å². The molecular formula is C17H23NO7S3. The Kier molecular flexibility index (Phi) is 7.18. The Morgan fingerprint density at radius 2 is 2.00 bits per heavy atom. The van der Waals surface area contributed by atoms with E-state index in [4.69, 9.17) is 0 Å². The first-order valence-electron chi connectivity index (χ1n) is 8.74. The van der Waals surface area contributed by atoms with Crippen LogP contribution >= 0.6 is 11.3 Å². The number of nitrogens with one attached hydrogen (secondary N) is 1. The number of carbonyl (C=O) groups is 2. The molecule has 0 fully saturated rings. The second-order valence-corrected chi connectivity index (χ2v) is 12.2. The highest BCUT2D eigenvalue weighted by molar-refractivity contribution is 7.96. The minimum atomic E-state index is -4.05. The number of rotatable bonds is 8. The summed E-state index contributed by atoms with van der Waals surface area (Å²) in [7, 11) is -7.66. The molecule has 156 valence electrons. The lowest BCUT2D eigenvalue weighted by molar-refractivity contribution is -0.137. The van der Waals surface area contributed by atoms with Gasteiger partial charge in [0.05, 0.1) is 11.9 Å². The first kappa shape index (κ1) is 22.7. The van der Waals surface area contributed by atoms with Gasteiger partial charge in [-0.25, -0.2) is 21.6 Å². The zero-order valence-electron chi connectivity index (χ0n) is 15.8. The zero-order chi connectivity index (χ0) is 21.1. The molecule has 0 saturated carbocycles. The lowest BCUT2D eigenvalue weighted by Crippen LogP contribution is -2.33. The monoisotopic (exact) mass is 449 g/mol. The lowest BCUT2D eigenvalue weighted by atomic mass is 10.1. The molecule has 11 heteroatoms. The summed E-state index contributed by atoms with van der Waals surface area (Å²) in [5.41, 5.74) is 0.429. The van der Waals surface area contributed by atoms with E-state index in [1.165, 1.54) is 6.07 Å². The predicted octanol–water partition coefficient (Wildman–Crippen LogP) is 1.43. The Hall–Kier alpha value is -1.56. The van der Waals surface area contributed by atoms with Crippen LogP contribution in [-0.4, -0.2) is 52.7 Å². The van der Waals surface area contributed by atoms with Crippen molar-refractivity contribution in [2.75, 3.05) is 18.9 Å². The van der Waals surface area contributed by atoms with Gasteiger partial charge in [0, 0.05) is 12.1 Å². The average Bonchev–Trinajstić information content (AvgIpc) is 3.06. The molecule has 8 nitrogen and oxygen atoms in total. The quantitative estimate of drug-likeness (QED) is 0.467. The number of thiophene rings is 1. The van der Waals surface area contributed by atoms with Crippen molar-refractivity contribution in [2.45, 2.75) is 46.9 Å². The summed E-state index contributed by atoms with van der Waals surface area (Å²) >= 11 is 0.673. The Bertz CT molecular complexity index is 990. The van der Waals surface area contributed by atoms with Gasteiger partial charge in [-0.3, -0.25) is 4.79 Å². The van der Waals surface area contributed by atoms with Gasteiger partial charge in [0.25, 0.3) is 0 Å². The first-order valence-corrected chi connectivity index (χ1v) is 12.8. The second-order valence-electron chi connectivity index (χ2n) is 6.32. The molecule has 0 radical (unpaired) electrons. The van der Waals surface area contributed by atoms with E-state index in [-0.39, 0.29) is 21.1 Å². The molecule has 0 aromatic carbocycles. The Balaban J connectivity index is 2.32. The summed E-state index contributed by atoms with van der Waals surface area (Å²) in [6, 6.07) is 1.08. The molecule has 0 spiro atoms.